The predicted octanol–water partition coefficient (Wildman–Crippen LogP) is 2.51. The van der Waals surface area contributed by atoms with Gasteiger partial charge in [0, 0.05) is 42.8 Å². The van der Waals surface area contributed by atoms with Crippen LogP contribution in [0.1, 0.15) is 12.8 Å². The molecule has 1 aliphatic heterocycles. The topological polar surface area (TPSA) is 71.2 Å². The van der Waals surface area contributed by atoms with E-state index in [0.717, 1.165) is 16.6 Å². The highest BCUT2D eigenvalue weighted by molar-refractivity contribution is 5.91. The van der Waals surface area contributed by atoms with Gasteiger partial charge in [0.2, 0.25) is 0 Å². The molecular formula is C18H18N4O2. The number of imidazole rings is 1. The third-order valence-corrected chi connectivity index (χ3v) is 4.95. The maximum absolute atomic E-state index is 12.0. The SMILES string of the molecule is O=C(O)C1(n2ccnc2)CCN(c2ccnc3ccccc23)CC1. The van der Waals surface area contributed by atoms with E-state index in [1.807, 2.05) is 30.5 Å². The van der Waals surface area contributed by atoms with Crippen molar-refractivity contribution in [2.24, 2.45) is 0 Å². The van der Waals surface area contributed by atoms with Gasteiger partial charge in [0.15, 0.2) is 0 Å². The van der Waals surface area contributed by atoms with Gasteiger partial charge in [0.1, 0.15) is 5.54 Å². The van der Waals surface area contributed by atoms with Crippen LogP contribution in [0.25, 0.3) is 10.9 Å². The van der Waals surface area contributed by atoms with E-state index in [9.17, 15) is 9.90 Å². The summed E-state index contributed by atoms with van der Waals surface area (Å²) in [6.07, 6.45) is 7.86. The number of benzene rings is 1. The zero-order valence-electron chi connectivity index (χ0n) is 13.2. The van der Waals surface area contributed by atoms with Gasteiger partial charge in [0.25, 0.3) is 0 Å². The first-order valence-corrected chi connectivity index (χ1v) is 8.01. The number of nitrogens with zero attached hydrogens (tertiary/aromatic N) is 4. The second kappa shape index (κ2) is 5.63. The maximum atomic E-state index is 12.0. The number of carboxylic acid groups (broad SMARTS) is 1. The minimum atomic E-state index is -0.907. The van der Waals surface area contributed by atoms with E-state index in [2.05, 4.69) is 20.9 Å². The standard InChI is InChI=1S/C18H18N4O2/c23-17(24)18(22-12-9-19-13-22)6-10-21(11-7-18)16-5-8-20-15-4-2-1-3-14(15)16/h1-5,8-9,12-13H,6-7,10-11H2,(H,23,24). The number of anilines is 1. The van der Waals surface area contributed by atoms with Crippen LogP contribution >= 0.6 is 0 Å². The molecule has 2 aromatic heterocycles. The Labute approximate surface area is 139 Å². The molecule has 6 nitrogen and oxygen atoms in total. The molecule has 0 amide bonds. The Morgan fingerprint density at radius 2 is 1.92 bits per heavy atom. The largest absolute Gasteiger partial charge is 0.479 e. The van der Waals surface area contributed by atoms with Gasteiger partial charge in [0.05, 0.1) is 11.8 Å². The molecule has 1 saturated heterocycles. The van der Waals surface area contributed by atoms with E-state index in [-0.39, 0.29) is 0 Å². The van der Waals surface area contributed by atoms with Crippen LogP contribution in [0.15, 0.2) is 55.2 Å². The molecule has 0 bridgehead atoms. The highest BCUT2D eigenvalue weighted by Crippen LogP contribution is 2.34. The molecular weight excluding hydrogens is 304 g/mol. The Morgan fingerprint density at radius 3 is 2.62 bits per heavy atom. The zero-order chi connectivity index (χ0) is 16.6. The molecule has 1 aliphatic rings. The van der Waals surface area contributed by atoms with Crippen molar-refractivity contribution >= 4 is 22.6 Å². The summed E-state index contributed by atoms with van der Waals surface area (Å²) in [7, 11) is 0. The summed E-state index contributed by atoms with van der Waals surface area (Å²) in [5, 5.41) is 10.9. The lowest BCUT2D eigenvalue weighted by molar-refractivity contribution is -0.148. The molecule has 6 heteroatoms. The fourth-order valence-electron chi connectivity index (χ4n) is 3.57. The Morgan fingerprint density at radius 1 is 1.12 bits per heavy atom. The highest BCUT2D eigenvalue weighted by atomic mass is 16.4. The van der Waals surface area contributed by atoms with Crippen molar-refractivity contribution in [1.29, 1.82) is 0 Å². The van der Waals surface area contributed by atoms with E-state index in [0.29, 0.717) is 25.9 Å². The van der Waals surface area contributed by atoms with Gasteiger partial charge in [-0.1, -0.05) is 18.2 Å². The molecule has 24 heavy (non-hydrogen) atoms. The average molecular weight is 322 g/mol. The van der Waals surface area contributed by atoms with E-state index in [1.54, 1.807) is 23.3 Å². The third-order valence-electron chi connectivity index (χ3n) is 4.95. The molecule has 122 valence electrons. The number of aromatic nitrogens is 3. The highest BCUT2D eigenvalue weighted by Gasteiger charge is 2.43. The van der Waals surface area contributed by atoms with Crippen LogP contribution in [-0.4, -0.2) is 38.7 Å². The van der Waals surface area contributed by atoms with Gasteiger partial charge in [-0.2, -0.15) is 0 Å². The zero-order valence-corrected chi connectivity index (χ0v) is 13.2. The first-order valence-electron chi connectivity index (χ1n) is 8.01. The van der Waals surface area contributed by atoms with Gasteiger partial charge in [-0.05, 0) is 25.0 Å². The fourth-order valence-corrected chi connectivity index (χ4v) is 3.57. The normalized spacial score (nSPS) is 17.1. The summed E-state index contributed by atoms with van der Waals surface area (Å²) in [4.78, 5) is 22.6. The summed E-state index contributed by atoms with van der Waals surface area (Å²) in [5.41, 5.74) is 1.17. The molecule has 0 spiro atoms. The molecule has 3 aromatic rings. The molecule has 0 atom stereocenters. The molecule has 0 unspecified atom stereocenters. The number of carbonyl (C=O) groups is 1. The summed E-state index contributed by atoms with van der Waals surface area (Å²) in [6, 6.07) is 10.0. The first-order chi connectivity index (χ1) is 11.7. The van der Waals surface area contributed by atoms with Crippen molar-refractivity contribution in [2.45, 2.75) is 18.4 Å². The average Bonchev–Trinajstić information content (AvgIpc) is 3.16. The minimum absolute atomic E-state index is 0.537. The van der Waals surface area contributed by atoms with E-state index < -0.39 is 11.5 Å². The van der Waals surface area contributed by atoms with Gasteiger partial charge in [-0.15, -0.1) is 0 Å². The quantitative estimate of drug-likeness (QED) is 0.802. The number of pyridine rings is 1. The Kier molecular flexibility index (Phi) is 3.45. The van der Waals surface area contributed by atoms with E-state index in [4.69, 9.17) is 0 Å². The van der Waals surface area contributed by atoms with E-state index >= 15 is 0 Å². The number of hydrogen-bond acceptors (Lipinski definition) is 4. The van der Waals surface area contributed by atoms with Crippen molar-refractivity contribution in [3.8, 4) is 0 Å². The van der Waals surface area contributed by atoms with Crippen LogP contribution < -0.4 is 4.90 Å². The molecule has 0 aliphatic carbocycles. The number of aliphatic carboxylic acids is 1. The van der Waals surface area contributed by atoms with Crippen molar-refractivity contribution in [3.63, 3.8) is 0 Å². The molecule has 1 fully saturated rings. The first kappa shape index (κ1) is 14.7. The lowest BCUT2D eigenvalue weighted by Gasteiger charge is -2.40. The van der Waals surface area contributed by atoms with Crippen LogP contribution in [0, 0.1) is 0 Å². The number of hydrogen-bond donors (Lipinski definition) is 1. The van der Waals surface area contributed by atoms with Gasteiger partial charge in [-0.25, -0.2) is 9.78 Å². The van der Waals surface area contributed by atoms with Crippen molar-refractivity contribution in [3.05, 3.63) is 55.2 Å². The van der Waals surface area contributed by atoms with Crippen LogP contribution in [0.2, 0.25) is 0 Å². The summed E-state index contributed by atoms with van der Waals surface area (Å²) in [6.45, 7) is 1.36. The Bertz CT molecular complexity index is 862. The number of piperidine rings is 1. The minimum Gasteiger partial charge on any atom is -0.479 e. The third kappa shape index (κ3) is 2.22. The van der Waals surface area contributed by atoms with Crippen molar-refractivity contribution in [2.75, 3.05) is 18.0 Å². The second-order valence-electron chi connectivity index (χ2n) is 6.14. The molecule has 1 aromatic carbocycles. The Balaban J connectivity index is 1.65. The van der Waals surface area contributed by atoms with Crippen LogP contribution in [0.4, 0.5) is 5.69 Å². The van der Waals surface area contributed by atoms with Crippen molar-refractivity contribution in [1.82, 2.24) is 14.5 Å². The van der Waals surface area contributed by atoms with Crippen molar-refractivity contribution < 1.29 is 9.90 Å². The van der Waals surface area contributed by atoms with Crippen LogP contribution in [0.5, 0.6) is 0 Å². The van der Waals surface area contributed by atoms with Gasteiger partial charge in [-0.3, -0.25) is 4.98 Å². The predicted molar refractivity (Wildman–Crippen MR) is 91.0 cm³/mol. The molecule has 0 saturated carbocycles. The molecule has 0 radical (unpaired) electrons. The molecule has 1 N–H and O–H groups in total. The lowest BCUT2D eigenvalue weighted by atomic mass is 9.87. The fraction of sp³-hybridized carbons (Fsp3) is 0.278. The number of para-hydroxylation sites is 1. The monoisotopic (exact) mass is 322 g/mol. The summed E-state index contributed by atoms with van der Waals surface area (Å²) >= 11 is 0. The Hall–Kier alpha value is -2.89. The summed E-state index contributed by atoms with van der Waals surface area (Å²) in [5.74, 6) is -0.792. The molecule has 4 rings (SSSR count). The smallest absolute Gasteiger partial charge is 0.330 e. The maximum Gasteiger partial charge on any atom is 0.330 e. The van der Waals surface area contributed by atoms with E-state index in [1.165, 1.54) is 0 Å². The number of carboxylic acids is 1. The van der Waals surface area contributed by atoms with Crippen LogP contribution in [0.3, 0.4) is 0 Å². The lowest BCUT2D eigenvalue weighted by Crippen LogP contribution is -2.50. The van der Waals surface area contributed by atoms with Gasteiger partial charge >= 0.3 is 5.97 Å². The summed E-state index contributed by atoms with van der Waals surface area (Å²) < 4.78 is 1.73. The van der Waals surface area contributed by atoms with Gasteiger partial charge < -0.3 is 14.6 Å². The van der Waals surface area contributed by atoms with Crippen LogP contribution in [-0.2, 0) is 10.3 Å². The second-order valence-corrected chi connectivity index (χ2v) is 6.14. The number of rotatable bonds is 3. The number of fused-ring (bicyclic) bond motifs is 1. The molecule has 3 heterocycles.